The molecule has 1 aromatic carbocycles. The third-order valence-electron chi connectivity index (χ3n) is 2.77. The van der Waals surface area contributed by atoms with Crippen molar-refractivity contribution in [3.05, 3.63) is 23.8 Å². The molecule has 0 bridgehead atoms. The number of nitrogens with two attached hydrogens (primary N) is 1. The minimum Gasteiger partial charge on any atom is -0.508 e. The largest absolute Gasteiger partial charge is 0.508 e. The molecule has 0 unspecified atom stereocenters. The Morgan fingerprint density at radius 3 is 2.30 bits per heavy atom. The van der Waals surface area contributed by atoms with E-state index < -0.39 is 0 Å². The quantitative estimate of drug-likeness (QED) is 0.279. The normalized spacial score (nSPS) is 11.7. The number of oxime groups is 1. The van der Waals surface area contributed by atoms with Crippen molar-refractivity contribution in [1.29, 1.82) is 0 Å². The van der Waals surface area contributed by atoms with Crippen molar-refractivity contribution in [3.63, 3.8) is 0 Å². The van der Waals surface area contributed by atoms with E-state index in [1.54, 1.807) is 0 Å². The Balaban J connectivity index is 2.93. The fraction of sp³-hybridized carbons (Fsp3) is 0.385. The van der Waals surface area contributed by atoms with Crippen LogP contribution in [-0.2, 0) is 0 Å². The van der Waals surface area contributed by atoms with Crippen molar-refractivity contribution in [1.82, 2.24) is 4.90 Å². The third-order valence-corrected chi connectivity index (χ3v) is 2.77. The van der Waals surface area contributed by atoms with Gasteiger partial charge in [0.2, 0.25) is 0 Å². The molecule has 5 N–H and O–H groups in total. The minimum absolute atomic E-state index is 0.0298. The molecular formula is C13H19N3O4. The molecule has 110 valence electrons. The number of phenols is 2. The van der Waals surface area contributed by atoms with Gasteiger partial charge in [-0.3, -0.25) is 4.79 Å². The predicted molar refractivity (Wildman–Crippen MR) is 74.0 cm³/mol. The van der Waals surface area contributed by atoms with Crippen LogP contribution in [0.25, 0.3) is 0 Å². The number of carbonyl (C=O) groups excluding carboxylic acids is 1. The number of aromatic hydroxyl groups is 2. The fourth-order valence-electron chi connectivity index (χ4n) is 1.76. The van der Waals surface area contributed by atoms with Crippen LogP contribution in [0, 0.1) is 0 Å². The topological polar surface area (TPSA) is 119 Å². The number of amidine groups is 1. The van der Waals surface area contributed by atoms with Crippen molar-refractivity contribution >= 4 is 11.7 Å². The molecular weight excluding hydrogens is 262 g/mol. The monoisotopic (exact) mass is 281 g/mol. The van der Waals surface area contributed by atoms with E-state index in [4.69, 9.17) is 10.9 Å². The first-order valence-electron chi connectivity index (χ1n) is 6.15. The predicted octanol–water partition coefficient (Wildman–Crippen LogP) is 1.08. The summed E-state index contributed by atoms with van der Waals surface area (Å²) < 4.78 is 0. The van der Waals surface area contributed by atoms with E-state index in [1.165, 1.54) is 17.0 Å². The number of phenolic OH excluding ortho intramolecular Hbond substituents is 2. The summed E-state index contributed by atoms with van der Waals surface area (Å²) in [5.74, 6) is -0.693. The maximum absolute atomic E-state index is 12.4. The van der Waals surface area contributed by atoms with Crippen LogP contribution in [-0.4, -0.2) is 44.6 Å². The molecule has 0 radical (unpaired) electrons. The van der Waals surface area contributed by atoms with E-state index in [-0.39, 0.29) is 47.8 Å². The molecule has 0 spiro atoms. The average molecular weight is 281 g/mol. The molecule has 0 aliphatic carbocycles. The van der Waals surface area contributed by atoms with E-state index in [1.807, 2.05) is 13.8 Å². The smallest absolute Gasteiger partial charge is 0.254 e. The maximum atomic E-state index is 12.4. The Hall–Kier alpha value is -2.44. The van der Waals surface area contributed by atoms with Gasteiger partial charge < -0.3 is 26.1 Å². The Morgan fingerprint density at radius 1 is 1.30 bits per heavy atom. The summed E-state index contributed by atoms with van der Waals surface area (Å²) in [5.41, 5.74) is 5.57. The molecule has 0 fully saturated rings. The highest BCUT2D eigenvalue weighted by molar-refractivity contribution is 5.95. The number of hydrogen-bond donors (Lipinski definition) is 4. The molecule has 1 amide bonds. The van der Waals surface area contributed by atoms with E-state index in [2.05, 4.69) is 5.16 Å². The molecule has 0 atom stereocenters. The van der Waals surface area contributed by atoms with Gasteiger partial charge in [-0.15, -0.1) is 0 Å². The van der Waals surface area contributed by atoms with Gasteiger partial charge in [0.25, 0.3) is 5.91 Å². The Labute approximate surface area is 116 Å². The SMILES string of the molecule is CC(C)N(CC/C(N)=N/O)C(=O)c1cc(O)cc(O)c1. The Morgan fingerprint density at radius 2 is 1.85 bits per heavy atom. The second-order valence-corrected chi connectivity index (χ2v) is 4.67. The van der Waals surface area contributed by atoms with Crippen LogP contribution in [0.2, 0.25) is 0 Å². The molecule has 0 aromatic heterocycles. The average Bonchev–Trinajstić information content (AvgIpc) is 2.36. The zero-order valence-electron chi connectivity index (χ0n) is 11.4. The van der Waals surface area contributed by atoms with Crippen LogP contribution >= 0.6 is 0 Å². The third kappa shape index (κ3) is 4.04. The van der Waals surface area contributed by atoms with Gasteiger partial charge in [0.15, 0.2) is 0 Å². The first-order chi connectivity index (χ1) is 9.35. The first-order valence-corrected chi connectivity index (χ1v) is 6.15. The van der Waals surface area contributed by atoms with Crippen molar-refractivity contribution in [3.8, 4) is 11.5 Å². The summed E-state index contributed by atoms with van der Waals surface area (Å²) in [5, 5.41) is 30.2. The van der Waals surface area contributed by atoms with Gasteiger partial charge in [-0.2, -0.15) is 0 Å². The minimum atomic E-state index is -0.350. The summed E-state index contributed by atoms with van der Waals surface area (Å²) in [6, 6.07) is 3.59. The van der Waals surface area contributed by atoms with E-state index in [0.29, 0.717) is 0 Å². The molecule has 0 heterocycles. The van der Waals surface area contributed by atoms with Gasteiger partial charge in [0, 0.05) is 30.6 Å². The van der Waals surface area contributed by atoms with Gasteiger partial charge in [-0.25, -0.2) is 0 Å². The van der Waals surface area contributed by atoms with Crippen LogP contribution in [0.1, 0.15) is 30.6 Å². The molecule has 1 rings (SSSR count). The molecule has 0 aliphatic heterocycles. The summed E-state index contributed by atoms with van der Waals surface area (Å²) in [4.78, 5) is 13.9. The van der Waals surface area contributed by atoms with Gasteiger partial charge in [0.05, 0.1) is 0 Å². The number of rotatable bonds is 5. The Bertz CT molecular complexity index is 494. The van der Waals surface area contributed by atoms with Crippen LogP contribution in [0.15, 0.2) is 23.4 Å². The molecule has 0 saturated carbocycles. The lowest BCUT2D eigenvalue weighted by atomic mass is 10.1. The van der Waals surface area contributed by atoms with Crippen molar-refractivity contribution in [2.75, 3.05) is 6.54 Å². The molecule has 0 saturated heterocycles. The van der Waals surface area contributed by atoms with E-state index in [0.717, 1.165) is 6.07 Å². The van der Waals surface area contributed by atoms with Gasteiger partial charge in [-0.05, 0) is 26.0 Å². The van der Waals surface area contributed by atoms with Crippen LogP contribution in [0.3, 0.4) is 0 Å². The molecule has 20 heavy (non-hydrogen) atoms. The lowest BCUT2D eigenvalue weighted by Crippen LogP contribution is -2.39. The fourth-order valence-corrected chi connectivity index (χ4v) is 1.76. The van der Waals surface area contributed by atoms with Crippen LogP contribution in [0.5, 0.6) is 11.5 Å². The van der Waals surface area contributed by atoms with Gasteiger partial charge >= 0.3 is 0 Å². The zero-order valence-corrected chi connectivity index (χ0v) is 11.4. The lowest BCUT2D eigenvalue weighted by molar-refractivity contribution is 0.0710. The maximum Gasteiger partial charge on any atom is 0.254 e. The van der Waals surface area contributed by atoms with Crippen LogP contribution < -0.4 is 5.73 Å². The van der Waals surface area contributed by atoms with Crippen LogP contribution in [0.4, 0.5) is 0 Å². The second kappa shape index (κ2) is 6.65. The highest BCUT2D eigenvalue weighted by Gasteiger charge is 2.20. The van der Waals surface area contributed by atoms with Crippen molar-refractivity contribution in [2.45, 2.75) is 26.3 Å². The summed E-state index contributed by atoms with van der Waals surface area (Å²) in [6.07, 6.45) is 0.227. The number of carbonyl (C=O) groups is 1. The Kier molecular flexibility index (Phi) is 5.19. The zero-order chi connectivity index (χ0) is 15.3. The first kappa shape index (κ1) is 15.6. The van der Waals surface area contributed by atoms with Gasteiger partial charge in [0.1, 0.15) is 17.3 Å². The molecule has 7 nitrogen and oxygen atoms in total. The van der Waals surface area contributed by atoms with E-state index >= 15 is 0 Å². The standard InChI is InChI=1S/C13H19N3O4/c1-8(2)16(4-3-12(14)15-20)13(19)9-5-10(17)7-11(18)6-9/h5-8,17-18,20H,3-4H2,1-2H3,(H2,14,15). The number of nitrogens with zero attached hydrogens (tertiary/aromatic N) is 2. The number of amides is 1. The second-order valence-electron chi connectivity index (χ2n) is 4.67. The summed E-state index contributed by atoms with van der Waals surface area (Å²) in [7, 11) is 0. The molecule has 7 heteroatoms. The highest BCUT2D eigenvalue weighted by atomic mass is 16.4. The molecule has 0 aliphatic rings. The summed E-state index contributed by atoms with van der Waals surface area (Å²) in [6.45, 7) is 3.92. The lowest BCUT2D eigenvalue weighted by Gasteiger charge is -2.26. The number of hydrogen-bond acceptors (Lipinski definition) is 5. The number of benzene rings is 1. The van der Waals surface area contributed by atoms with E-state index in [9.17, 15) is 15.0 Å². The van der Waals surface area contributed by atoms with Crippen molar-refractivity contribution < 1.29 is 20.2 Å². The van der Waals surface area contributed by atoms with Gasteiger partial charge in [-0.1, -0.05) is 5.16 Å². The summed E-state index contributed by atoms with van der Waals surface area (Å²) >= 11 is 0. The van der Waals surface area contributed by atoms with Crippen molar-refractivity contribution in [2.24, 2.45) is 10.9 Å². The highest BCUT2D eigenvalue weighted by Crippen LogP contribution is 2.22. The molecule has 1 aromatic rings.